The van der Waals surface area contributed by atoms with Crippen LogP contribution in [-0.4, -0.2) is 5.78 Å². The number of ketones is 1. The third-order valence-corrected chi connectivity index (χ3v) is 2.69. The normalized spacial score (nSPS) is 29.0. The first kappa shape index (κ1) is 10.2. The lowest BCUT2D eigenvalue weighted by Crippen LogP contribution is -2.13. The van der Waals surface area contributed by atoms with E-state index in [-0.39, 0.29) is 5.78 Å². The molecule has 1 aliphatic rings. The summed E-state index contributed by atoms with van der Waals surface area (Å²) < 4.78 is 0. The molecule has 0 bridgehead atoms. The van der Waals surface area contributed by atoms with Gasteiger partial charge in [-0.1, -0.05) is 24.6 Å². The molecule has 0 radical (unpaired) electrons. The minimum Gasteiger partial charge on any atom is -0.295 e. The highest BCUT2D eigenvalue weighted by Crippen LogP contribution is 2.29. The average Bonchev–Trinajstić information content (AvgIpc) is 2.02. The maximum absolute atomic E-state index is 10.8. The van der Waals surface area contributed by atoms with Crippen molar-refractivity contribution in [1.82, 2.24) is 0 Å². The first-order chi connectivity index (χ1) is 6.09. The fraction of sp³-hybridized carbons (Fsp3) is 0.583. The summed E-state index contributed by atoms with van der Waals surface area (Å²) in [6, 6.07) is 0. The van der Waals surface area contributed by atoms with Crippen LogP contribution >= 0.6 is 0 Å². The van der Waals surface area contributed by atoms with Crippen molar-refractivity contribution in [3.8, 4) is 0 Å². The molecule has 0 fully saturated rings. The van der Waals surface area contributed by atoms with Crippen LogP contribution in [0.15, 0.2) is 23.8 Å². The molecular formula is C12H18O. The number of hydrogen-bond acceptors (Lipinski definition) is 1. The number of carbonyl (C=O) groups excluding carboxylic acids is 1. The summed E-state index contributed by atoms with van der Waals surface area (Å²) in [7, 11) is 0. The van der Waals surface area contributed by atoms with Crippen molar-refractivity contribution < 1.29 is 4.79 Å². The summed E-state index contributed by atoms with van der Waals surface area (Å²) in [4.78, 5) is 10.8. The van der Waals surface area contributed by atoms with E-state index in [1.165, 1.54) is 12.0 Å². The molecule has 1 heteroatoms. The Bertz CT molecular complexity index is 248. The number of rotatable bonds is 2. The van der Waals surface area contributed by atoms with Gasteiger partial charge in [-0.25, -0.2) is 0 Å². The number of hydrogen-bond donors (Lipinski definition) is 0. The second-order valence-corrected chi connectivity index (χ2v) is 4.10. The highest BCUT2D eigenvalue weighted by molar-refractivity contribution is 5.87. The van der Waals surface area contributed by atoms with Gasteiger partial charge in [0.1, 0.15) is 0 Å². The van der Waals surface area contributed by atoms with Crippen LogP contribution in [0.4, 0.5) is 0 Å². The van der Waals surface area contributed by atoms with Gasteiger partial charge in [0, 0.05) is 0 Å². The quantitative estimate of drug-likeness (QED) is 0.469. The van der Waals surface area contributed by atoms with E-state index in [0.29, 0.717) is 11.8 Å². The van der Waals surface area contributed by atoms with Crippen LogP contribution in [0.25, 0.3) is 0 Å². The minimum absolute atomic E-state index is 0.151. The van der Waals surface area contributed by atoms with Crippen LogP contribution in [0, 0.1) is 11.8 Å². The van der Waals surface area contributed by atoms with Crippen LogP contribution < -0.4 is 0 Å². The van der Waals surface area contributed by atoms with E-state index in [2.05, 4.69) is 26.0 Å². The van der Waals surface area contributed by atoms with Crippen LogP contribution in [-0.2, 0) is 4.79 Å². The van der Waals surface area contributed by atoms with Crippen LogP contribution in [0.2, 0.25) is 0 Å². The molecule has 0 saturated heterocycles. The number of allylic oxidation sites excluding steroid dienone is 4. The van der Waals surface area contributed by atoms with E-state index >= 15 is 0 Å². The Hall–Kier alpha value is -0.850. The van der Waals surface area contributed by atoms with E-state index in [1.807, 2.05) is 0 Å². The molecule has 0 saturated carbocycles. The smallest absolute Gasteiger partial charge is 0.152 e. The molecule has 0 unspecified atom stereocenters. The fourth-order valence-electron chi connectivity index (χ4n) is 1.84. The predicted octanol–water partition coefficient (Wildman–Crippen LogP) is 3.12. The van der Waals surface area contributed by atoms with Gasteiger partial charge in [-0.05, 0) is 44.6 Å². The van der Waals surface area contributed by atoms with E-state index in [0.717, 1.165) is 6.42 Å². The van der Waals surface area contributed by atoms with Gasteiger partial charge >= 0.3 is 0 Å². The van der Waals surface area contributed by atoms with Crippen molar-refractivity contribution in [2.24, 2.45) is 11.8 Å². The standard InChI is InChI=1S/C12H18O/c1-9-4-6-12(10(2)8-9)7-5-11(3)13/h4-5,7,10,12H,6,8H2,1-3H3/b7-5+/t10-,12+/m0/s1. The molecule has 0 N–H and O–H groups in total. The monoisotopic (exact) mass is 178 g/mol. The topological polar surface area (TPSA) is 17.1 Å². The molecule has 0 amide bonds. The van der Waals surface area contributed by atoms with Gasteiger partial charge < -0.3 is 0 Å². The lowest BCUT2D eigenvalue weighted by molar-refractivity contribution is -0.112. The zero-order valence-electron chi connectivity index (χ0n) is 8.71. The summed E-state index contributed by atoms with van der Waals surface area (Å²) in [6.45, 7) is 6.04. The van der Waals surface area contributed by atoms with Gasteiger partial charge in [-0.15, -0.1) is 0 Å². The van der Waals surface area contributed by atoms with Crippen molar-refractivity contribution in [3.63, 3.8) is 0 Å². The molecule has 1 nitrogen and oxygen atoms in total. The molecule has 0 heterocycles. The van der Waals surface area contributed by atoms with Crippen molar-refractivity contribution in [2.45, 2.75) is 33.6 Å². The zero-order chi connectivity index (χ0) is 9.84. The molecule has 1 aliphatic carbocycles. The summed E-state index contributed by atoms with van der Waals surface area (Å²) in [5.74, 6) is 1.40. The molecule has 72 valence electrons. The SMILES string of the molecule is CC(=O)/C=C/[C@H]1CC=C(C)C[C@@H]1C. The molecule has 2 atom stereocenters. The first-order valence-corrected chi connectivity index (χ1v) is 4.94. The Labute approximate surface area is 80.5 Å². The third kappa shape index (κ3) is 3.17. The van der Waals surface area contributed by atoms with Gasteiger partial charge in [0.15, 0.2) is 5.78 Å². The van der Waals surface area contributed by atoms with Gasteiger partial charge in [0.05, 0.1) is 0 Å². The van der Waals surface area contributed by atoms with E-state index < -0.39 is 0 Å². The Balaban J connectivity index is 2.57. The maximum Gasteiger partial charge on any atom is 0.152 e. The minimum atomic E-state index is 0.151. The Morgan fingerprint density at radius 2 is 2.31 bits per heavy atom. The molecule has 0 aromatic heterocycles. The average molecular weight is 178 g/mol. The largest absolute Gasteiger partial charge is 0.295 e. The lowest BCUT2D eigenvalue weighted by atomic mass is 9.81. The Kier molecular flexibility index (Phi) is 3.47. The van der Waals surface area contributed by atoms with Crippen LogP contribution in [0.1, 0.15) is 33.6 Å². The second kappa shape index (κ2) is 4.40. The predicted molar refractivity (Wildman–Crippen MR) is 55.5 cm³/mol. The van der Waals surface area contributed by atoms with E-state index in [9.17, 15) is 4.79 Å². The Morgan fingerprint density at radius 1 is 1.62 bits per heavy atom. The summed E-state index contributed by atoms with van der Waals surface area (Å²) in [5.41, 5.74) is 1.49. The van der Waals surface area contributed by atoms with E-state index in [1.54, 1.807) is 13.0 Å². The molecule has 0 aromatic carbocycles. The van der Waals surface area contributed by atoms with Crippen molar-refractivity contribution in [3.05, 3.63) is 23.8 Å². The first-order valence-electron chi connectivity index (χ1n) is 4.94. The van der Waals surface area contributed by atoms with Crippen molar-refractivity contribution in [2.75, 3.05) is 0 Å². The Morgan fingerprint density at radius 3 is 2.85 bits per heavy atom. The lowest BCUT2D eigenvalue weighted by Gasteiger charge is -2.24. The molecule has 13 heavy (non-hydrogen) atoms. The molecule has 0 aromatic rings. The summed E-state index contributed by atoms with van der Waals surface area (Å²) in [5, 5.41) is 0. The van der Waals surface area contributed by atoms with E-state index in [4.69, 9.17) is 0 Å². The zero-order valence-corrected chi connectivity index (χ0v) is 8.71. The van der Waals surface area contributed by atoms with Crippen LogP contribution in [0.5, 0.6) is 0 Å². The third-order valence-electron chi connectivity index (χ3n) is 2.69. The molecule has 0 aliphatic heterocycles. The molecular weight excluding hydrogens is 160 g/mol. The van der Waals surface area contributed by atoms with Crippen molar-refractivity contribution >= 4 is 5.78 Å². The van der Waals surface area contributed by atoms with Gasteiger partial charge in [0.25, 0.3) is 0 Å². The fourth-order valence-corrected chi connectivity index (χ4v) is 1.84. The molecule has 1 rings (SSSR count). The summed E-state index contributed by atoms with van der Waals surface area (Å²) in [6.07, 6.45) is 8.32. The molecule has 0 spiro atoms. The van der Waals surface area contributed by atoms with Gasteiger partial charge in [-0.2, -0.15) is 0 Å². The maximum atomic E-state index is 10.8. The highest BCUT2D eigenvalue weighted by Gasteiger charge is 2.17. The van der Waals surface area contributed by atoms with Gasteiger partial charge in [-0.3, -0.25) is 4.79 Å². The van der Waals surface area contributed by atoms with Crippen LogP contribution in [0.3, 0.4) is 0 Å². The van der Waals surface area contributed by atoms with Gasteiger partial charge in [0.2, 0.25) is 0 Å². The highest BCUT2D eigenvalue weighted by atomic mass is 16.1. The number of carbonyl (C=O) groups is 1. The second-order valence-electron chi connectivity index (χ2n) is 4.10. The van der Waals surface area contributed by atoms with Crippen molar-refractivity contribution in [1.29, 1.82) is 0 Å². The summed E-state index contributed by atoms with van der Waals surface area (Å²) >= 11 is 0.